The molecule has 0 atom stereocenters. The molecule has 0 bridgehead atoms. The molecule has 0 unspecified atom stereocenters. The van der Waals surface area contributed by atoms with E-state index in [0.29, 0.717) is 0 Å². The Hall–Kier alpha value is -7.02. The van der Waals surface area contributed by atoms with Crippen molar-refractivity contribution in [3.8, 4) is 44.5 Å². The van der Waals surface area contributed by atoms with E-state index in [1.54, 1.807) is 0 Å². The van der Waals surface area contributed by atoms with Crippen molar-refractivity contribution in [1.29, 1.82) is 0 Å². The van der Waals surface area contributed by atoms with E-state index in [1.165, 1.54) is 137 Å². The second-order valence-electron chi connectivity index (χ2n) is 16.1. The highest BCUT2D eigenvalue weighted by Crippen LogP contribution is 2.56. The van der Waals surface area contributed by atoms with E-state index < -0.39 is 0 Å². The standard InChI is InChI=1S/C57H38/c1-33-30-34(2)50(35(3)31-33)44-28-29-47-52-43(44)25-15-27-46(52)56-51(37-18-8-5-9-19-37)55-45-26-14-24-42-39-21-11-12-22-40(39)48(53(42)45)32-49(55)54(57(47)56)41-23-13-10-20-38(41)36-16-6-4-7-17-36/h4-32H,1-3H3. The van der Waals surface area contributed by atoms with Crippen molar-refractivity contribution in [3.63, 3.8) is 0 Å². The topological polar surface area (TPSA) is 0 Å². The third-order valence-corrected chi connectivity index (χ3v) is 12.8. The molecule has 0 aliphatic heterocycles. The lowest BCUT2D eigenvalue weighted by Gasteiger charge is -2.20. The second-order valence-corrected chi connectivity index (χ2v) is 16.1. The van der Waals surface area contributed by atoms with Crippen molar-refractivity contribution >= 4 is 75.4 Å². The summed E-state index contributed by atoms with van der Waals surface area (Å²) < 4.78 is 0. The molecule has 0 aromatic heterocycles. The van der Waals surface area contributed by atoms with E-state index in [-0.39, 0.29) is 0 Å². The molecular formula is C57H38. The molecule has 0 nitrogen and oxygen atoms in total. The highest BCUT2D eigenvalue weighted by atomic mass is 14.3. The van der Waals surface area contributed by atoms with Gasteiger partial charge in [-0.05, 0) is 158 Å². The summed E-state index contributed by atoms with van der Waals surface area (Å²) in [5.74, 6) is 0. The first-order valence-electron chi connectivity index (χ1n) is 20.1. The monoisotopic (exact) mass is 722 g/mol. The molecule has 0 fully saturated rings. The molecule has 12 aromatic rings. The molecule has 0 heterocycles. The van der Waals surface area contributed by atoms with Gasteiger partial charge in [-0.25, -0.2) is 0 Å². The number of hydrogen-bond acceptors (Lipinski definition) is 0. The van der Waals surface area contributed by atoms with Gasteiger partial charge < -0.3 is 0 Å². The lowest BCUT2D eigenvalue weighted by molar-refractivity contribution is 1.32. The Labute approximate surface area is 331 Å². The van der Waals surface area contributed by atoms with Gasteiger partial charge in [0.25, 0.3) is 0 Å². The van der Waals surface area contributed by atoms with Crippen LogP contribution in [0.25, 0.3) is 120 Å². The van der Waals surface area contributed by atoms with Crippen LogP contribution >= 0.6 is 0 Å². The maximum atomic E-state index is 2.55. The van der Waals surface area contributed by atoms with Gasteiger partial charge >= 0.3 is 0 Å². The molecule has 0 amide bonds. The van der Waals surface area contributed by atoms with Gasteiger partial charge in [0.1, 0.15) is 0 Å². The molecule has 12 rings (SSSR count). The molecule has 266 valence electrons. The van der Waals surface area contributed by atoms with Crippen LogP contribution in [0.1, 0.15) is 16.7 Å². The Morgan fingerprint density at radius 1 is 0.246 bits per heavy atom. The Kier molecular flexibility index (Phi) is 6.78. The number of benzene rings is 10. The molecule has 0 saturated heterocycles. The van der Waals surface area contributed by atoms with Crippen molar-refractivity contribution in [2.45, 2.75) is 20.8 Å². The summed E-state index contributed by atoms with van der Waals surface area (Å²) in [6, 6.07) is 66.3. The van der Waals surface area contributed by atoms with Crippen LogP contribution in [-0.2, 0) is 0 Å². The Morgan fingerprint density at radius 3 is 1.47 bits per heavy atom. The minimum atomic E-state index is 1.22. The van der Waals surface area contributed by atoms with Gasteiger partial charge in [0, 0.05) is 0 Å². The number of aryl methyl sites for hydroxylation is 3. The van der Waals surface area contributed by atoms with Crippen LogP contribution in [0.4, 0.5) is 0 Å². The Bertz CT molecular complexity index is 3550. The van der Waals surface area contributed by atoms with Crippen LogP contribution in [0.5, 0.6) is 0 Å². The quantitative estimate of drug-likeness (QED) is 0.159. The largest absolute Gasteiger partial charge is 0.0622 e. The fraction of sp³-hybridized carbons (Fsp3) is 0.0526. The number of rotatable bonds is 4. The fourth-order valence-corrected chi connectivity index (χ4v) is 10.8. The third-order valence-electron chi connectivity index (χ3n) is 12.8. The maximum Gasteiger partial charge on any atom is -0.000718 e. The van der Waals surface area contributed by atoms with Gasteiger partial charge in [-0.2, -0.15) is 0 Å². The zero-order chi connectivity index (χ0) is 37.9. The first-order chi connectivity index (χ1) is 28.1. The molecule has 57 heavy (non-hydrogen) atoms. The van der Waals surface area contributed by atoms with E-state index in [2.05, 4.69) is 197 Å². The van der Waals surface area contributed by atoms with E-state index in [4.69, 9.17) is 0 Å². The maximum absolute atomic E-state index is 2.55. The zero-order valence-corrected chi connectivity index (χ0v) is 32.2. The molecule has 0 radical (unpaired) electrons. The van der Waals surface area contributed by atoms with Crippen molar-refractivity contribution in [1.82, 2.24) is 0 Å². The molecule has 0 saturated carbocycles. The highest BCUT2D eigenvalue weighted by molar-refractivity contribution is 6.45. The van der Waals surface area contributed by atoms with Crippen LogP contribution < -0.4 is 0 Å². The summed E-state index contributed by atoms with van der Waals surface area (Å²) in [6.45, 7) is 6.74. The van der Waals surface area contributed by atoms with Crippen LogP contribution in [0, 0.1) is 20.8 Å². The van der Waals surface area contributed by atoms with Crippen LogP contribution in [-0.4, -0.2) is 0 Å². The van der Waals surface area contributed by atoms with Gasteiger partial charge in [0.05, 0.1) is 0 Å². The number of hydrogen-bond donors (Lipinski definition) is 0. The molecule has 0 aliphatic rings. The molecule has 0 N–H and O–H groups in total. The smallest absolute Gasteiger partial charge is 0.000718 e. The van der Waals surface area contributed by atoms with Crippen molar-refractivity contribution < 1.29 is 0 Å². The normalized spacial score (nSPS) is 12.1. The molecule has 0 spiro atoms. The summed E-state index contributed by atoms with van der Waals surface area (Å²) >= 11 is 0. The Morgan fingerprint density at radius 2 is 0.754 bits per heavy atom. The number of fused-ring (bicyclic) bond motifs is 8. The minimum absolute atomic E-state index is 1.22. The lowest BCUT2D eigenvalue weighted by atomic mass is 9.82. The van der Waals surface area contributed by atoms with E-state index in [9.17, 15) is 0 Å². The highest BCUT2D eigenvalue weighted by Gasteiger charge is 2.28. The SMILES string of the molecule is Cc1cc(C)c(-c2ccc3c4c(-c5ccccc5-c5ccccc5)c5cc6c7ccccc7c7cccc(c5c(-c5ccccc5)c4c4cccc2c34)c76)c(C)c1. The van der Waals surface area contributed by atoms with Gasteiger partial charge in [-0.3, -0.25) is 0 Å². The van der Waals surface area contributed by atoms with Crippen molar-refractivity contribution in [2.24, 2.45) is 0 Å². The summed E-state index contributed by atoms with van der Waals surface area (Å²) in [6.07, 6.45) is 0. The summed E-state index contributed by atoms with van der Waals surface area (Å²) in [4.78, 5) is 0. The summed E-state index contributed by atoms with van der Waals surface area (Å²) in [7, 11) is 0. The third kappa shape index (κ3) is 4.44. The van der Waals surface area contributed by atoms with E-state index in [1.807, 2.05) is 0 Å². The van der Waals surface area contributed by atoms with Gasteiger partial charge in [-0.15, -0.1) is 0 Å². The zero-order valence-electron chi connectivity index (χ0n) is 32.2. The fourth-order valence-electron chi connectivity index (χ4n) is 10.8. The average Bonchev–Trinajstić information content (AvgIpc) is 3.75. The van der Waals surface area contributed by atoms with Crippen molar-refractivity contribution in [2.75, 3.05) is 0 Å². The first kappa shape index (κ1) is 32.2. The van der Waals surface area contributed by atoms with Gasteiger partial charge in [0.15, 0.2) is 0 Å². The lowest BCUT2D eigenvalue weighted by Crippen LogP contribution is -1.93. The summed E-state index contributed by atoms with van der Waals surface area (Å²) in [5.41, 5.74) is 14.2. The van der Waals surface area contributed by atoms with Crippen LogP contribution in [0.15, 0.2) is 176 Å². The van der Waals surface area contributed by atoms with Crippen LogP contribution in [0.2, 0.25) is 0 Å². The van der Waals surface area contributed by atoms with Crippen LogP contribution in [0.3, 0.4) is 0 Å². The second kappa shape index (κ2) is 12.0. The van der Waals surface area contributed by atoms with Gasteiger partial charge in [0.2, 0.25) is 0 Å². The van der Waals surface area contributed by atoms with Gasteiger partial charge in [-0.1, -0.05) is 175 Å². The predicted molar refractivity (Wildman–Crippen MR) is 247 cm³/mol. The molecular weight excluding hydrogens is 685 g/mol. The summed E-state index contributed by atoms with van der Waals surface area (Å²) in [5, 5.41) is 18.5. The molecule has 0 aliphatic carbocycles. The Balaban J connectivity index is 1.39. The first-order valence-corrected chi connectivity index (χ1v) is 20.1. The van der Waals surface area contributed by atoms with E-state index in [0.717, 1.165) is 0 Å². The molecule has 0 heteroatoms. The average molecular weight is 723 g/mol. The van der Waals surface area contributed by atoms with E-state index >= 15 is 0 Å². The van der Waals surface area contributed by atoms with Crippen molar-refractivity contribution in [3.05, 3.63) is 193 Å². The molecule has 12 aromatic carbocycles. The minimum Gasteiger partial charge on any atom is -0.0622 e. The predicted octanol–water partition coefficient (Wildman–Crippen LogP) is 16.2.